The van der Waals surface area contributed by atoms with Crippen LogP contribution in [0.3, 0.4) is 0 Å². The predicted molar refractivity (Wildman–Crippen MR) is 36.9 cm³/mol. The Morgan fingerprint density at radius 3 is 3.09 bits per heavy atom. The number of pyridine rings is 1. The Balaban J connectivity index is 0.000000605. The van der Waals surface area contributed by atoms with Gasteiger partial charge in [-0.3, -0.25) is 4.40 Å². The molecule has 0 radical (unpaired) electrons. The van der Waals surface area contributed by atoms with E-state index < -0.39 is 0 Å². The van der Waals surface area contributed by atoms with E-state index in [0.29, 0.717) is 5.65 Å². The molecule has 5 heteroatoms. The second kappa shape index (κ2) is 3.21. The SMILES string of the molecule is O=c1[nH]nc2ccccn12.[H-].[Na+]. The Bertz CT molecular complexity index is 410. The number of fused-ring (bicyclic) bond motifs is 1. The number of aromatic nitrogens is 3. The van der Waals surface area contributed by atoms with Crippen LogP contribution in [0.25, 0.3) is 5.65 Å². The van der Waals surface area contributed by atoms with E-state index in [1.807, 2.05) is 6.07 Å². The van der Waals surface area contributed by atoms with Gasteiger partial charge in [-0.25, -0.2) is 9.89 Å². The summed E-state index contributed by atoms with van der Waals surface area (Å²) >= 11 is 0. The molecule has 0 aromatic carbocycles. The zero-order chi connectivity index (χ0) is 6.97. The Morgan fingerprint density at radius 1 is 1.55 bits per heavy atom. The fourth-order valence-corrected chi connectivity index (χ4v) is 0.856. The third kappa shape index (κ3) is 1.38. The van der Waals surface area contributed by atoms with Crippen LogP contribution in [-0.2, 0) is 0 Å². The Hall–Kier alpha value is -0.580. The number of aromatic amines is 1. The summed E-state index contributed by atoms with van der Waals surface area (Å²) in [5, 5.41) is 6.08. The van der Waals surface area contributed by atoms with E-state index in [2.05, 4.69) is 10.2 Å². The minimum absolute atomic E-state index is 0. The first-order chi connectivity index (χ1) is 4.88. The molecule has 2 heterocycles. The summed E-state index contributed by atoms with van der Waals surface area (Å²) in [6, 6.07) is 5.37. The normalized spacial score (nSPS) is 9.45. The predicted octanol–water partition coefficient (Wildman–Crippen LogP) is -2.86. The first-order valence-electron chi connectivity index (χ1n) is 2.90. The van der Waals surface area contributed by atoms with Gasteiger partial charge in [0.15, 0.2) is 5.65 Å². The van der Waals surface area contributed by atoms with Crippen molar-refractivity contribution in [2.45, 2.75) is 0 Å². The number of hydrogen-bond donors (Lipinski definition) is 1. The van der Waals surface area contributed by atoms with Gasteiger partial charge < -0.3 is 1.43 Å². The van der Waals surface area contributed by atoms with Crippen molar-refractivity contribution >= 4 is 5.65 Å². The van der Waals surface area contributed by atoms with Crippen molar-refractivity contribution in [1.82, 2.24) is 14.6 Å². The van der Waals surface area contributed by atoms with E-state index in [4.69, 9.17) is 0 Å². The molecule has 2 aromatic heterocycles. The molecule has 0 spiro atoms. The van der Waals surface area contributed by atoms with Crippen LogP contribution in [0, 0.1) is 0 Å². The fraction of sp³-hybridized carbons (Fsp3) is 0. The van der Waals surface area contributed by atoms with Crippen LogP contribution >= 0.6 is 0 Å². The van der Waals surface area contributed by atoms with E-state index in [1.165, 1.54) is 4.40 Å². The van der Waals surface area contributed by atoms with Crippen LogP contribution in [0.5, 0.6) is 0 Å². The Labute approximate surface area is 86.0 Å². The third-order valence-corrected chi connectivity index (χ3v) is 1.32. The standard InChI is InChI=1S/C6H5N3O.Na.H/c10-6-8-7-5-3-1-2-4-9(5)6;;/h1-4H,(H,8,10);;/q;+1;-1. The number of H-pyrrole nitrogens is 1. The average molecular weight is 159 g/mol. The second-order valence-electron chi connectivity index (χ2n) is 1.96. The fourth-order valence-electron chi connectivity index (χ4n) is 0.856. The quantitative estimate of drug-likeness (QED) is 0.420. The van der Waals surface area contributed by atoms with Gasteiger partial charge in [-0.2, -0.15) is 5.10 Å². The molecule has 0 atom stereocenters. The maximum Gasteiger partial charge on any atom is 1.00 e. The number of hydrogen-bond acceptors (Lipinski definition) is 2. The van der Waals surface area contributed by atoms with Crippen molar-refractivity contribution in [2.24, 2.45) is 0 Å². The van der Waals surface area contributed by atoms with Crippen molar-refractivity contribution in [3.05, 3.63) is 34.9 Å². The number of rotatable bonds is 0. The maximum absolute atomic E-state index is 10.8. The molecule has 1 N–H and O–H groups in total. The van der Waals surface area contributed by atoms with Gasteiger partial charge in [-0.05, 0) is 12.1 Å². The molecule has 0 fully saturated rings. The van der Waals surface area contributed by atoms with Gasteiger partial charge in [0, 0.05) is 6.20 Å². The Kier molecular flexibility index (Phi) is 2.49. The topological polar surface area (TPSA) is 50.2 Å². The van der Waals surface area contributed by atoms with Crippen LogP contribution in [0.4, 0.5) is 0 Å². The van der Waals surface area contributed by atoms with Gasteiger partial charge in [0.1, 0.15) is 0 Å². The molecule has 4 nitrogen and oxygen atoms in total. The van der Waals surface area contributed by atoms with Gasteiger partial charge in [-0.15, -0.1) is 0 Å². The summed E-state index contributed by atoms with van der Waals surface area (Å²) in [5.41, 5.74) is 0.447. The van der Waals surface area contributed by atoms with Gasteiger partial charge in [-0.1, -0.05) is 6.07 Å². The Morgan fingerprint density at radius 2 is 2.36 bits per heavy atom. The van der Waals surface area contributed by atoms with Gasteiger partial charge in [0.05, 0.1) is 0 Å². The van der Waals surface area contributed by atoms with Crippen molar-refractivity contribution < 1.29 is 31.0 Å². The van der Waals surface area contributed by atoms with Crippen LogP contribution in [0.2, 0.25) is 0 Å². The summed E-state index contributed by atoms with van der Waals surface area (Å²) in [6.45, 7) is 0. The van der Waals surface area contributed by atoms with Gasteiger partial charge in [0.25, 0.3) is 0 Å². The van der Waals surface area contributed by atoms with E-state index in [9.17, 15) is 4.79 Å². The zero-order valence-corrected chi connectivity index (χ0v) is 8.11. The molecule has 2 aromatic rings. The summed E-state index contributed by atoms with van der Waals surface area (Å²) in [7, 11) is 0. The monoisotopic (exact) mass is 159 g/mol. The molecular weight excluding hydrogens is 153 g/mol. The smallest absolute Gasteiger partial charge is 1.00 e. The zero-order valence-electron chi connectivity index (χ0n) is 7.11. The summed E-state index contributed by atoms with van der Waals surface area (Å²) in [4.78, 5) is 10.8. The molecule has 0 unspecified atom stereocenters. The molecular formula is C6H6N3NaO. The molecule has 0 aliphatic heterocycles. The maximum atomic E-state index is 10.8. The largest absolute Gasteiger partial charge is 1.00 e. The van der Waals surface area contributed by atoms with Gasteiger partial charge in [0.2, 0.25) is 0 Å². The van der Waals surface area contributed by atoms with Gasteiger partial charge >= 0.3 is 35.2 Å². The van der Waals surface area contributed by atoms with E-state index >= 15 is 0 Å². The molecule has 11 heavy (non-hydrogen) atoms. The molecule has 52 valence electrons. The van der Waals surface area contributed by atoms with Crippen LogP contribution in [0.1, 0.15) is 1.43 Å². The summed E-state index contributed by atoms with van der Waals surface area (Å²) in [5.74, 6) is 0. The van der Waals surface area contributed by atoms with Crippen molar-refractivity contribution in [2.75, 3.05) is 0 Å². The molecule has 0 saturated heterocycles. The molecule has 0 aliphatic carbocycles. The second-order valence-corrected chi connectivity index (χ2v) is 1.96. The first kappa shape index (κ1) is 8.52. The summed E-state index contributed by atoms with van der Waals surface area (Å²) < 4.78 is 1.44. The average Bonchev–Trinajstić information content (AvgIpc) is 2.34. The molecule has 0 amide bonds. The van der Waals surface area contributed by atoms with E-state index in [1.54, 1.807) is 18.3 Å². The minimum atomic E-state index is -0.199. The molecule has 0 saturated carbocycles. The summed E-state index contributed by atoms with van der Waals surface area (Å²) in [6.07, 6.45) is 1.67. The number of nitrogens with one attached hydrogen (secondary N) is 1. The first-order valence-corrected chi connectivity index (χ1v) is 2.90. The van der Waals surface area contributed by atoms with Crippen LogP contribution in [-0.4, -0.2) is 14.6 Å². The van der Waals surface area contributed by atoms with E-state index in [-0.39, 0.29) is 36.7 Å². The van der Waals surface area contributed by atoms with Crippen LogP contribution in [0.15, 0.2) is 29.2 Å². The molecule has 0 bridgehead atoms. The van der Waals surface area contributed by atoms with E-state index in [0.717, 1.165) is 0 Å². The third-order valence-electron chi connectivity index (χ3n) is 1.32. The minimum Gasteiger partial charge on any atom is -1.00 e. The molecule has 2 rings (SSSR count). The van der Waals surface area contributed by atoms with Crippen molar-refractivity contribution in [1.29, 1.82) is 0 Å². The van der Waals surface area contributed by atoms with Crippen molar-refractivity contribution in [3.8, 4) is 0 Å². The van der Waals surface area contributed by atoms with Crippen molar-refractivity contribution in [3.63, 3.8) is 0 Å². The molecule has 0 aliphatic rings. The van der Waals surface area contributed by atoms with Crippen LogP contribution < -0.4 is 35.2 Å². The number of nitrogens with zero attached hydrogens (tertiary/aromatic N) is 2.